The van der Waals surface area contributed by atoms with Crippen molar-refractivity contribution in [3.8, 4) is 90.5 Å². The maximum absolute atomic E-state index is 6.64. The monoisotopic (exact) mass is 1680 g/mol. The van der Waals surface area contributed by atoms with Crippen LogP contribution in [0.1, 0.15) is 116 Å². The number of halogens is 1. The van der Waals surface area contributed by atoms with Gasteiger partial charge < -0.3 is 52.1 Å². The Morgan fingerprint density at radius 1 is 0.327 bits per heavy atom. The Kier molecular flexibility index (Phi) is 31.0. The number of hydrogen-bond donors (Lipinski definition) is 0. The van der Waals surface area contributed by atoms with E-state index in [1.807, 2.05) is 20.8 Å². The van der Waals surface area contributed by atoms with Gasteiger partial charge in [-0.2, -0.15) is 0 Å². The third kappa shape index (κ3) is 24.1. The molecule has 12 rings (SSSR count). The van der Waals surface area contributed by atoms with Crippen LogP contribution in [0.2, 0.25) is 0 Å². The van der Waals surface area contributed by atoms with Gasteiger partial charge in [0.2, 0.25) is 0 Å². The first kappa shape index (κ1) is 86.5. The quantitative estimate of drug-likeness (QED) is 0.0153. The van der Waals surface area contributed by atoms with Crippen molar-refractivity contribution in [2.75, 3.05) is 118 Å². The average molecular weight is 1680 g/mol. The first-order valence-electron chi connectivity index (χ1n) is 39.9. The topological polar surface area (TPSA) is 170 Å². The van der Waals surface area contributed by atoms with Gasteiger partial charge in [0, 0.05) is 0 Å². The molecule has 113 heavy (non-hydrogen) atoms. The Bertz CT molecular complexity index is 4110. The Balaban J connectivity index is 0.000000227. The fourth-order valence-electron chi connectivity index (χ4n) is 14.4. The zero-order chi connectivity index (χ0) is 80.6. The molecule has 0 radical (unpaired) electrons. The normalized spacial score (nSPS) is 16.7. The molecule has 4 atom stereocenters. The molecule has 4 aliphatic heterocycles. The third-order valence-corrected chi connectivity index (χ3v) is 30.2. The van der Waals surface area contributed by atoms with Crippen LogP contribution in [-0.2, 0) is 37.6 Å². The van der Waals surface area contributed by atoms with E-state index in [1.54, 1.807) is 15.0 Å². The molecule has 612 valence electrons. The van der Waals surface area contributed by atoms with Crippen molar-refractivity contribution in [3.63, 3.8) is 0 Å². The van der Waals surface area contributed by atoms with Gasteiger partial charge in [0.1, 0.15) is 105 Å². The van der Waals surface area contributed by atoms with E-state index in [0.717, 1.165) is 218 Å². The van der Waals surface area contributed by atoms with Crippen LogP contribution in [0.15, 0.2) is 110 Å². The van der Waals surface area contributed by atoms with Crippen molar-refractivity contribution < 1.29 is 93.8 Å². The number of epoxide rings is 4. The van der Waals surface area contributed by atoms with Gasteiger partial charge in [-0.3, -0.25) is 0 Å². The van der Waals surface area contributed by atoms with E-state index in [9.17, 15) is 0 Å². The molecule has 0 N–H and O–H groups in total. The summed E-state index contributed by atoms with van der Waals surface area (Å²) >= 11 is -3.32. The molecule has 8 aromatic rings. The van der Waals surface area contributed by atoms with E-state index in [1.165, 1.54) is 0 Å². The molecule has 0 spiro atoms. The molecule has 0 amide bonds. The van der Waals surface area contributed by atoms with Crippen molar-refractivity contribution in [1.82, 2.24) is 0 Å². The predicted molar refractivity (Wildman–Crippen MR) is 448 cm³/mol. The van der Waals surface area contributed by atoms with E-state index in [4.69, 9.17) is 75.5 Å². The molecular weight excluding hydrogens is 1560 g/mol. The summed E-state index contributed by atoms with van der Waals surface area (Å²) in [4.78, 5) is 0. The van der Waals surface area contributed by atoms with Crippen LogP contribution in [0.3, 0.4) is 0 Å². The van der Waals surface area contributed by atoms with Crippen LogP contribution >= 0.6 is 8.93 Å². The first-order valence-corrected chi connectivity index (χ1v) is 46.1. The first-order chi connectivity index (χ1) is 54.3. The van der Waals surface area contributed by atoms with Gasteiger partial charge in [-0.05, 0) is 256 Å². The summed E-state index contributed by atoms with van der Waals surface area (Å²) in [5.41, 5.74) is 26.7. The van der Waals surface area contributed by atoms with Crippen LogP contribution in [-0.4, -0.2) is 155 Å². The summed E-state index contributed by atoms with van der Waals surface area (Å²) in [7, 11) is 1.68. The minimum absolute atomic E-state index is 0.216. The Hall–Kier alpha value is -7.38. The summed E-state index contributed by atoms with van der Waals surface area (Å²) in [6.45, 7) is 52.9. The SMILES string of the molecule is C=CCOC(COc1c(C)cc(-c2cc(C)c(OCC3CO3)c(C)c2)cc1C)COc1c(C)cc(-c2cc(C)c(OCC3CO3)c(C)c2)cc1C.CCO[I-](OCC)(OCC)SCCCOC(COc1c(C)cc(-c2cc(C)c(OCC3CO3)c(C)c2)cc1C)COc1c(C)cc(-c2cc(C)c(OCC3CO3)c(C)c2)cc1C. The number of rotatable bonds is 43. The predicted octanol–water partition coefficient (Wildman–Crippen LogP) is 17.0. The Labute approximate surface area is 680 Å². The van der Waals surface area contributed by atoms with Crippen LogP contribution in [0.4, 0.5) is 0 Å². The maximum atomic E-state index is 6.64. The van der Waals surface area contributed by atoms with E-state index in [-0.39, 0.29) is 36.6 Å². The number of ether oxygens (including phenoxy) is 14. The molecule has 4 saturated heterocycles. The molecule has 4 unspecified atom stereocenters. The van der Waals surface area contributed by atoms with Gasteiger partial charge in [0.15, 0.2) is 0 Å². The van der Waals surface area contributed by atoms with E-state index >= 15 is 0 Å². The van der Waals surface area contributed by atoms with E-state index < -0.39 is 18.3 Å². The molecule has 4 fully saturated rings. The second kappa shape index (κ2) is 40.5. The van der Waals surface area contributed by atoms with Crippen molar-refractivity contribution in [2.24, 2.45) is 0 Å². The van der Waals surface area contributed by atoms with Crippen molar-refractivity contribution in [2.45, 2.75) is 175 Å². The van der Waals surface area contributed by atoms with Crippen LogP contribution < -0.4 is 56.2 Å². The Morgan fingerprint density at radius 2 is 0.522 bits per heavy atom. The molecule has 17 nitrogen and oxygen atoms in total. The summed E-state index contributed by atoms with van der Waals surface area (Å²) in [5, 5.41) is 0. The average Bonchev–Trinajstić information content (AvgIpc) is 1.23. The van der Waals surface area contributed by atoms with Crippen LogP contribution in [0, 0.1) is 111 Å². The molecule has 0 aromatic heterocycles. The summed E-state index contributed by atoms with van der Waals surface area (Å²) in [6, 6.07) is 35.1. The van der Waals surface area contributed by atoms with Crippen LogP contribution in [0.5, 0.6) is 46.0 Å². The summed E-state index contributed by atoms with van der Waals surface area (Å²) in [5.74, 6) is 8.00. The number of hydrogen-bond acceptors (Lipinski definition) is 18. The zero-order valence-electron chi connectivity index (χ0n) is 70.1. The van der Waals surface area contributed by atoms with E-state index in [0.29, 0.717) is 85.9 Å². The number of benzene rings is 8. The molecule has 0 aliphatic carbocycles. The fraction of sp³-hybridized carbons (Fsp3) is 0.468. The van der Waals surface area contributed by atoms with Gasteiger partial charge in [0.05, 0.1) is 33.0 Å². The standard InChI is InChI=1S/C50H68IO10S.C44H52O7/c1-12-59-51(60-13-2,61-14-3)62-17-15-16-52-44(28-55-47-32(4)18-40(19-33(47)5)42-22-36(8)49(37(9)23-42)57-30-45-26-53-45)29-56-48-34(6)20-41(21-35(48)7)43-24-38(10)50(39(11)25-43)58-31-46-27-54-46;1-10-11-45-38(22-48-41-26(2)12-34(13-27(41)3)36-16-30(6)43(31(7)17-36)50-24-39-20-46-39)23-49-42-28(4)14-35(15-29(42)5)37-18-32(8)44(33(9)19-37)51-25-40-21-47-40/h18-25,44-46H,12-17,26-31H2,1-11H3;10,12-19,38-40H,1,11,20-25H2,2-9H3/q-1;. The molecule has 4 heterocycles. The van der Waals surface area contributed by atoms with Crippen molar-refractivity contribution >= 4 is 8.93 Å². The summed E-state index contributed by atoms with van der Waals surface area (Å²) in [6.07, 6.45) is 2.82. The minimum atomic E-state index is -3.32. The number of aryl methyl sites for hydroxylation is 16. The second-order valence-corrected chi connectivity index (χ2v) is 39.4. The van der Waals surface area contributed by atoms with E-state index in [2.05, 4.69) is 214 Å². The Morgan fingerprint density at radius 3 is 0.708 bits per heavy atom. The molecule has 8 aromatic carbocycles. The fourth-order valence-corrected chi connectivity index (χ4v) is 23.8. The van der Waals surface area contributed by atoms with Gasteiger partial charge in [-0.1, -0.05) is 6.08 Å². The van der Waals surface area contributed by atoms with Gasteiger partial charge in [0.25, 0.3) is 0 Å². The molecular formula is C94H120IO17S-. The van der Waals surface area contributed by atoms with Crippen molar-refractivity contribution in [3.05, 3.63) is 199 Å². The van der Waals surface area contributed by atoms with Gasteiger partial charge in [-0.25, -0.2) is 0 Å². The van der Waals surface area contributed by atoms with Crippen LogP contribution in [0.25, 0.3) is 44.5 Å². The molecule has 4 aliphatic rings. The van der Waals surface area contributed by atoms with Gasteiger partial charge >= 0.3 is 226 Å². The molecule has 0 bridgehead atoms. The molecule has 19 heteroatoms. The zero-order valence-corrected chi connectivity index (χ0v) is 73.1. The van der Waals surface area contributed by atoms with Gasteiger partial charge in [-0.15, -0.1) is 6.58 Å². The third-order valence-electron chi connectivity index (χ3n) is 20.0. The second-order valence-electron chi connectivity index (χ2n) is 30.3. The summed E-state index contributed by atoms with van der Waals surface area (Å²) < 4.78 is 103. The molecule has 0 saturated carbocycles. The van der Waals surface area contributed by atoms with Crippen molar-refractivity contribution in [1.29, 1.82) is 0 Å².